The maximum Gasteiger partial charge on any atom is 0.0542 e. The van der Waals surface area contributed by atoms with E-state index in [0.717, 1.165) is 25.3 Å². The van der Waals surface area contributed by atoms with E-state index in [1.807, 2.05) is 0 Å². The van der Waals surface area contributed by atoms with Gasteiger partial charge in [0.05, 0.1) is 6.10 Å². The van der Waals surface area contributed by atoms with Crippen LogP contribution in [0.4, 0.5) is 0 Å². The van der Waals surface area contributed by atoms with E-state index in [4.69, 9.17) is 5.73 Å². The lowest BCUT2D eigenvalue weighted by Gasteiger charge is -2.28. The summed E-state index contributed by atoms with van der Waals surface area (Å²) in [7, 11) is 0. The van der Waals surface area contributed by atoms with Crippen molar-refractivity contribution >= 4 is 0 Å². The highest BCUT2D eigenvalue weighted by molar-refractivity contribution is 4.96. The standard InChI is InChI=1S/C11H21NO/c12-8-11(4-5-11)7-9-2-1-3-10(13)6-9/h9-10,13H,1-8,12H2. The van der Waals surface area contributed by atoms with Crippen LogP contribution in [-0.2, 0) is 0 Å². The van der Waals surface area contributed by atoms with Gasteiger partial charge in [0.2, 0.25) is 0 Å². The van der Waals surface area contributed by atoms with Gasteiger partial charge in [-0.1, -0.05) is 12.8 Å². The molecule has 0 aromatic heterocycles. The van der Waals surface area contributed by atoms with Crippen molar-refractivity contribution in [3.63, 3.8) is 0 Å². The number of hydrogen-bond donors (Lipinski definition) is 2. The van der Waals surface area contributed by atoms with E-state index in [-0.39, 0.29) is 6.10 Å². The number of hydrogen-bond acceptors (Lipinski definition) is 2. The number of aliphatic hydroxyl groups is 1. The monoisotopic (exact) mass is 183 g/mol. The minimum Gasteiger partial charge on any atom is -0.393 e. The third kappa shape index (κ3) is 2.23. The van der Waals surface area contributed by atoms with Crippen molar-refractivity contribution in [1.29, 1.82) is 0 Å². The van der Waals surface area contributed by atoms with Gasteiger partial charge in [-0.2, -0.15) is 0 Å². The van der Waals surface area contributed by atoms with Crippen LogP contribution in [0.5, 0.6) is 0 Å². The fourth-order valence-electron chi connectivity index (χ4n) is 2.73. The molecule has 2 atom stereocenters. The molecule has 2 aliphatic rings. The summed E-state index contributed by atoms with van der Waals surface area (Å²) in [4.78, 5) is 0. The predicted molar refractivity (Wildman–Crippen MR) is 53.3 cm³/mol. The van der Waals surface area contributed by atoms with Gasteiger partial charge in [-0.25, -0.2) is 0 Å². The van der Waals surface area contributed by atoms with E-state index in [1.165, 1.54) is 32.1 Å². The summed E-state index contributed by atoms with van der Waals surface area (Å²) < 4.78 is 0. The Morgan fingerprint density at radius 2 is 2.08 bits per heavy atom. The van der Waals surface area contributed by atoms with Crippen molar-refractivity contribution in [3.8, 4) is 0 Å². The summed E-state index contributed by atoms with van der Waals surface area (Å²) >= 11 is 0. The molecule has 0 heterocycles. The molecular formula is C11H21NO. The van der Waals surface area contributed by atoms with E-state index in [9.17, 15) is 5.11 Å². The summed E-state index contributed by atoms with van der Waals surface area (Å²) in [5, 5.41) is 9.54. The first-order valence-corrected chi connectivity index (χ1v) is 5.62. The molecule has 0 amide bonds. The smallest absolute Gasteiger partial charge is 0.0542 e. The zero-order valence-electron chi connectivity index (χ0n) is 8.34. The zero-order chi connectivity index (χ0) is 9.31. The van der Waals surface area contributed by atoms with Crippen LogP contribution >= 0.6 is 0 Å². The summed E-state index contributed by atoms with van der Waals surface area (Å²) in [6.45, 7) is 0.861. The third-order valence-corrected chi connectivity index (χ3v) is 3.87. The van der Waals surface area contributed by atoms with Crippen molar-refractivity contribution in [1.82, 2.24) is 0 Å². The Morgan fingerprint density at radius 3 is 2.62 bits per heavy atom. The molecule has 0 radical (unpaired) electrons. The minimum absolute atomic E-state index is 0.0210. The van der Waals surface area contributed by atoms with Crippen LogP contribution in [0, 0.1) is 11.3 Å². The van der Waals surface area contributed by atoms with Crippen LogP contribution in [0.3, 0.4) is 0 Å². The van der Waals surface area contributed by atoms with Gasteiger partial charge >= 0.3 is 0 Å². The first-order chi connectivity index (χ1) is 6.24. The van der Waals surface area contributed by atoms with Crippen molar-refractivity contribution in [2.75, 3.05) is 6.54 Å². The van der Waals surface area contributed by atoms with Gasteiger partial charge in [-0.15, -0.1) is 0 Å². The van der Waals surface area contributed by atoms with Crippen LogP contribution in [0.25, 0.3) is 0 Å². The maximum absolute atomic E-state index is 9.54. The lowest BCUT2D eigenvalue weighted by molar-refractivity contribution is 0.0909. The van der Waals surface area contributed by atoms with Crippen molar-refractivity contribution in [2.45, 2.75) is 51.0 Å². The zero-order valence-corrected chi connectivity index (χ0v) is 8.34. The summed E-state index contributed by atoms with van der Waals surface area (Å²) in [6, 6.07) is 0. The molecule has 2 unspecified atom stereocenters. The van der Waals surface area contributed by atoms with Gasteiger partial charge in [0.15, 0.2) is 0 Å². The van der Waals surface area contributed by atoms with E-state index >= 15 is 0 Å². The Labute approximate surface area is 80.5 Å². The SMILES string of the molecule is NCC1(CC2CCCC(O)C2)CC1. The first kappa shape index (κ1) is 9.47. The van der Waals surface area contributed by atoms with Crippen molar-refractivity contribution in [3.05, 3.63) is 0 Å². The molecule has 2 rings (SSSR count). The molecule has 2 nitrogen and oxygen atoms in total. The van der Waals surface area contributed by atoms with E-state index < -0.39 is 0 Å². The molecule has 2 saturated carbocycles. The Morgan fingerprint density at radius 1 is 1.31 bits per heavy atom. The van der Waals surface area contributed by atoms with E-state index in [2.05, 4.69) is 0 Å². The molecule has 2 aliphatic carbocycles. The summed E-state index contributed by atoms with van der Waals surface area (Å²) in [5.74, 6) is 0.759. The average molecular weight is 183 g/mol. The minimum atomic E-state index is -0.0210. The van der Waals surface area contributed by atoms with E-state index in [0.29, 0.717) is 5.41 Å². The van der Waals surface area contributed by atoms with Crippen LogP contribution < -0.4 is 5.73 Å². The fraction of sp³-hybridized carbons (Fsp3) is 1.00. The van der Waals surface area contributed by atoms with Crippen LogP contribution in [-0.4, -0.2) is 17.8 Å². The second-order valence-corrected chi connectivity index (χ2v) is 5.09. The highest BCUT2D eigenvalue weighted by atomic mass is 16.3. The normalized spacial score (nSPS) is 37.4. The number of nitrogens with two attached hydrogens (primary N) is 1. The van der Waals surface area contributed by atoms with Gasteiger partial charge in [0.1, 0.15) is 0 Å². The number of aliphatic hydroxyl groups excluding tert-OH is 1. The largest absolute Gasteiger partial charge is 0.393 e. The molecule has 0 spiro atoms. The third-order valence-electron chi connectivity index (χ3n) is 3.87. The fourth-order valence-corrected chi connectivity index (χ4v) is 2.73. The summed E-state index contributed by atoms with van der Waals surface area (Å²) in [5.41, 5.74) is 6.26. The predicted octanol–water partition coefficient (Wildman–Crippen LogP) is 1.67. The van der Waals surface area contributed by atoms with E-state index in [1.54, 1.807) is 0 Å². The lowest BCUT2D eigenvalue weighted by Crippen LogP contribution is -2.25. The van der Waals surface area contributed by atoms with Gasteiger partial charge < -0.3 is 10.8 Å². The molecule has 76 valence electrons. The molecule has 13 heavy (non-hydrogen) atoms. The molecule has 0 bridgehead atoms. The Kier molecular flexibility index (Phi) is 2.61. The summed E-state index contributed by atoms with van der Waals surface area (Å²) in [6.07, 6.45) is 8.50. The van der Waals surface area contributed by atoms with Crippen LogP contribution in [0.2, 0.25) is 0 Å². The number of rotatable bonds is 3. The molecule has 2 fully saturated rings. The van der Waals surface area contributed by atoms with Crippen molar-refractivity contribution in [2.24, 2.45) is 17.1 Å². The highest BCUT2D eigenvalue weighted by Crippen LogP contribution is 2.51. The van der Waals surface area contributed by atoms with Crippen LogP contribution in [0.1, 0.15) is 44.9 Å². The molecule has 2 heteroatoms. The quantitative estimate of drug-likeness (QED) is 0.699. The molecule has 0 aliphatic heterocycles. The topological polar surface area (TPSA) is 46.2 Å². The second kappa shape index (κ2) is 3.58. The van der Waals surface area contributed by atoms with Gasteiger partial charge in [0, 0.05) is 0 Å². The maximum atomic E-state index is 9.54. The molecule has 0 saturated heterocycles. The average Bonchev–Trinajstić information content (AvgIpc) is 2.86. The first-order valence-electron chi connectivity index (χ1n) is 5.62. The lowest BCUT2D eigenvalue weighted by atomic mass is 9.80. The van der Waals surface area contributed by atoms with Gasteiger partial charge in [-0.05, 0) is 50.0 Å². The molecular weight excluding hydrogens is 162 g/mol. The molecule has 0 aromatic carbocycles. The Hall–Kier alpha value is -0.0800. The van der Waals surface area contributed by atoms with Gasteiger partial charge in [-0.3, -0.25) is 0 Å². The Bertz CT molecular complexity index is 177. The molecule has 3 N–H and O–H groups in total. The van der Waals surface area contributed by atoms with Crippen LogP contribution in [0.15, 0.2) is 0 Å². The van der Waals surface area contributed by atoms with Gasteiger partial charge in [0.25, 0.3) is 0 Å². The van der Waals surface area contributed by atoms with Crippen molar-refractivity contribution < 1.29 is 5.11 Å². The Balaban J connectivity index is 1.80. The second-order valence-electron chi connectivity index (χ2n) is 5.09. The highest BCUT2D eigenvalue weighted by Gasteiger charge is 2.43. The molecule has 0 aromatic rings.